The third-order valence-electron chi connectivity index (χ3n) is 4.02. The maximum absolute atomic E-state index is 13.7. The Morgan fingerprint density at radius 2 is 1.86 bits per heavy atom. The van der Waals surface area contributed by atoms with Gasteiger partial charge >= 0.3 is 0 Å². The fraction of sp³-hybridized carbons (Fsp3) is 0.238. The summed E-state index contributed by atoms with van der Waals surface area (Å²) in [5.41, 5.74) is 1.23. The van der Waals surface area contributed by atoms with Crippen molar-refractivity contribution in [3.05, 3.63) is 75.5 Å². The van der Waals surface area contributed by atoms with Crippen molar-refractivity contribution in [1.82, 2.24) is 15.5 Å². The topological polar surface area (TPSA) is 84.0 Å². The first-order chi connectivity index (χ1) is 13.9. The molecule has 6 nitrogen and oxygen atoms in total. The van der Waals surface area contributed by atoms with Crippen LogP contribution in [0.3, 0.4) is 0 Å². The second-order valence-corrected chi connectivity index (χ2v) is 7.97. The van der Waals surface area contributed by atoms with Crippen molar-refractivity contribution >= 4 is 28.8 Å². The number of hydrogen-bond acceptors (Lipinski definition) is 5. The minimum absolute atomic E-state index is 0.0749. The number of rotatable bonds is 7. The van der Waals surface area contributed by atoms with E-state index in [2.05, 4.69) is 34.7 Å². The third-order valence-corrected chi connectivity index (χ3v) is 4.97. The van der Waals surface area contributed by atoms with E-state index in [4.69, 9.17) is 0 Å². The van der Waals surface area contributed by atoms with Gasteiger partial charge in [0.2, 0.25) is 5.01 Å². The molecule has 0 aliphatic rings. The summed E-state index contributed by atoms with van der Waals surface area (Å²) >= 11 is 1.26. The zero-order chi connectivity index (χ0) is 20.8. The molecule has 150 valence electrons. The van der Waals surface area contributed by atoms with Crippen LogP contribution in [0.2, 0.25) is 0 Å². The molecular formula is C21H21FN4O2S. The lowest BCUT2D eigenvalue weighted by molar-refractivity contribution is 0.0949. The van der Waals surface area contributed by atoms with E-state index in [1.54, 1.807) is 42.5 Å². The Labute approximate surface area is 172 Å². The molecule has 1 aromatic heterocycles. The molecule has 0 aliphatic heterocycles. The van der Waals surface area contributed by atoms with Crippen LogP contribution in [-0.2, 0) is 13.0 Å². The Kier molecular flexibility index (Phi) is 6.66. The lowest BCUT2D eigenvalue weighted by atomic mass is 10.1. The predicted octanol–water partition coefficient (Wildman–Crippen LogP) is 4.06. The molecule has 2 N–H and O–H groups in total. The molecule has 2 amide bonds. The minimum Gasteiger partial charge on any atom is -0.348 e. The maximum Gasteiger partial charge on any atom is 0.286 e. The molecule has 3 aromatic rings. The summed E-state index contributed by atoms with van der Waals surface area (Å²) in [6.07, 6.45) is 0.766. The average molecular weight is 412 g/mol. The van der Waals surface area contributed by atoms with E-state index < -0.39 is 0 Å². The highest BCUT2D eigenvalue weighted by atomic mass is 32.1. The van der Waals surface area contributed by atoms with Gasteiger partial charge in [0, 0.05) is 29.8 Å². The number of nitrogens with one attached hydrogen (secondary N) is 2. The first-order valence-electron chi connectivity index (χ1n) is 9.18. The van der Waals surface area contributed by atoms with E-state index in [-0.39, 0.29) is 29.2 Å². The minimum atomic E-state index is -0.374. The fourth-order valence-corrected chi connectivity index (χ4v) is 3.57. The maximum atomic E-state index is 13.7. The quantitative estimate of drug-likeness (QED) is 0.613. The molecule has 1 heterocycles. The van der Waals surface area contributed by atoms with E-state index >= 15 is 0 Å². The Balaban J connectivity index is 1.62. The fourth-order valence-electron chi connectivity index (χ4n) is 2.62. The van der Waals surface area contributed by atoms with Gasteiger partial charge in [-0.1, -0.05) is 49.4 Å². The first-order valence-corrected chi connectivity index (χ1v) is 9.99. The SMILES string of the molecule is CC(C)Cc1nnc(C(=O)Nc2cccc(C(=O)NCc3ccccc3F)c2)s1. The molecule has 0 aliphatic carbocycles. The highest BCUT2D eigenvalue weighted by Gasteiger charge is 2.15. The Morgan fingerprint density at radius 3 is 2.62 bits per heavy atom. The molecule has 2 aromatic carbocycles. The Hall–Kier alpha value is -3.13. The van der Waals surface area contributed by atoms with Crippen LogP contribution in [0.5, 0.6) is 0 Å². The van der Waals surface area contributed by atoms with E-state index in [0.29, 0.717) is 22.7 Å². The second-order valence-electron chi connectivity index (χ2n) is 6.91. The van der Waals surface area contributed by atoms with Crippen molar-refractivity contribution < 1.29 is 14.0 Å². The monoisotopic (exact) mass is 412 g/mol. The number of halogens is 1. The van der Waals surface area contributed by atoms with E-state index in [9.17, 15) is 14.0 Å². The van der Waals surface area contributed by atoms with E-state index in [1.165, 1.54) is 17.4 Å². The van der Waals surface area contributed by atoms with Crippen molar-refractivity contribution in [2.45, 2.75) is 26.8 Å². The summed E-state index contributed by atoms with van der Waals surface area (Å²) in [5, 5.41) is 14.5. The van der Waals surface area contributed by atoms with Crippen LogP contribution in [0, 0.1) is 11.7 Å². The van der Waals surface area contributed by atoms with E-state index in [1.807, 2.05) is 0 Å². The highest BCUT2D eigenvalue weighted by molar-refractivity contribution is 7.13. The molecule has 0 spiro atoms. The third kappa shape index (κ3) is 5.68. The van der Waals surface area contributed by atoms with Gasteiger partial charge in [-0.3, -0.25) is 9.59 Å². The smallest absolute Gasteiger partial charge is 0.286 e. The summed E-state index contributed by atoms with van der Waals surface area (Å²) in [4.78, 5) is 24.8. The molecule has 0 saturated heterocycles. The van der Waals surface area contributed by atoms with Gasteiger partial charge in [-0.25, -0.2) is 4.39 Å². The summed E-state index contributed by atoms with van der Waals surface area (Å²) in [5.74, 6) is -0.679. The highest BCUT2D eigenvalue weighted by Crippen LogP contribution is 2.17. The number of anilines is 1. The van der Waals surface area contributed by atoms with Crippen molar-refractivity contribution in [3.8, 4) is 0 Å². The van der Waals surface area contributed by atoms with Crippen molar-refractivity contribution in [3.63, 3.8) is 0 Å². The average Bonchev–Trinajstić information content (AvgIpc) is 3.15. The Morgan fingerprint density at radius 1 is 1.07 bits per heavy atom. The summed E-state index contributed by atoms with van der Waals surface area (Å²) in [7, 11) is 0. The van der Waals surface area contributed by atoms with Gasteiger partial charge in [0.15, 0.2) is 0 Å². The van der Waals surface area contributed by atoms with Crippen LogP contribution in [0.15, 0.2) is 48.5 Å². The molecule has 0 bridgehead atoms. The van der Waals surface area contributed by atoms with Crippen LogP contribution in [-0.4, -0.2) is 22.0 Å². The van der Waals surface area contributed by atoms with Crippen LogP contribution in [0.4, 0.5) is 10.1 Å². The second kappa shape index (κ2) is 9.38. The molecule has 29 heavy (non-hydrogen) atoms. The molecule has 0 fully saturated rings. The van der Waals surface area contributed by atoms with Crippen LogP contribution in [0.1, 0.15) is 44.6 Å². The summed E-state index contributed by atoms with van der Waals surface area (Å²) < 4.78 is 13.7. The van der Waals surface area contributed by atoms with Gasteiger partial charge < -0.3 is 10.6 Å². The number of amides is 2. The summed E-state index contributed by atoms with van der Waals surface area (Å²) in [6.45, 7) is 4.22. The van der Waals surface area contributed by atoms with Gasteiger partial charge in [-0.15, -0.1) is 10.2 Å². The van der Waals surface area contributed by atoms with Crippen LogP contribution in [0.25, 0.3) is 0 Å². The number of benzene rings is 2. The van der Waals surface area contributed by atoms with Crippen molar-refractivity contribution in [1.29, 1.82) is 0 Å². The first kappa shape index (κ1) is 20.6. The zero-order valence-corrected chi connectivity index (χ0v) is 16.9. The molecule has 0 radical (unpaired) electrons. The van der Waals surface area contributed by atoms with Crippen molar-refractivity contribution in [2.75, 3.05) is 5.32 Å². The molecule has 0 unspecified atom stereocenters. The summed E-state index contributed by atoms with van der Waals surface area (Å²) in [6, 6.07) is 12.8. The number of carbonyl (C=O) groups is 2. The molecule has 3 rings (SSSR count). The lowest BCUT2D eigenvalue weighted by Crippen LogP contribution is -2.23. The Bertz CT molecular complexity index is 1020. The largest absolute Gasteiger partial charge is 0.348 e. The van der Waals surface area contributed by atoms with Gasteiger partial charge in [-0.2, -0.15) is 0 Å². The van der Waals surface area contributed by atoms with Gasteiger partial charge in [0.1, 0.15) is 10.8 Å². The van der Waals surface area contributed by atoms with Crippen LogP contribution < -0.4 is 10.6 Å². The van der Waals surface area contributed by atoms with Gasteiger partial charge in [0.25, 0.3) is 11.8 Å². The zero-order valence-electron chi connectivity index (χ0n) is 16.1. The number of nitrogens with zero attached hydrogens (tertiary/aromatic N) is 2. The normalized spacial score (nSPS) is 10.8. The molecular weight excluding hydrogens is 391 g/mol. The molecule has 0 atom stereocenters. The van der Waals surface area contributed by atoms with E-state index in [0.717, 1.165) is 11.4 Å². The van der Waals surface area contributed by atoms with Crippen LogP contribution >= 0.6 is 11.3 Å². The lowest BCUT2D eigenvalue weighted by Gasteiger charge is -2.08. The van der Waals surface area contributed by atoms with Gasteiger partial charge in [0.05, 0.1) is 0 Å². The number of hydrogen-bond donors (Lipinski definition) is 2. The predicted molar refractivity (Wildman–Crippen MR) is 110 cm³/mol. The van der Waals surface area contributed by atoms with Crippen molar-refractivity contribution in [2.24, 2.45) is 5.92 Å². The molecule has 8 heteroatoms. The standard InChI is InChI=1S/C21H21FN4O2S/c1-13(2)10-18-25-26-21(29-18)20(28)24-16-8-5-7-14(11-16)19(27)23-12-15-6-3-4-9-17(15)22/h3-9,11,13H,10,12H2,1-2H3,(H,23,27)(H,24,28). The van der Waals surface area contributed by atoms with Gasteiger partial charge in [-0.05, 0) is 30.2 Å². The molecule has 0 saturated carbocycles. The number of carbonyl (C=O) groups excluding carboxylic acids is 2. The number of aromatic nitrogens is 2.